The first-order valence-electron chi connectivity index (χ1n) is 8.60. The summed E-state index contributed by atoms with van der Waals surface area (Å²) in [5.41, 5.74) is 1.31. The summed E-state index contributed by atoms with van der Waals surface area (Å²) in [6, 6.07) is 3.64. The van der Waals surface area contributed by atoms with Crippen molar-refractivity contribution in [2.45, 2.75) is 19.0 Å². The molecule has 1 unspecified atom stereocenters. The molecule has 0 bridgehead atoms. The van der Waals surface area contributed by atoms with Crippen molar-refractivity contribution in [2.24, 2.45) is 5.92 Å². The fourth-order valence-corrected chi connectivity index (χ4v) is 3.49. The maximum absolute atomic E-state index is 12.4. The Kier molecular flexibility index (Phi) is 4.33. The number of carbonyl (C=O) groups is 1. The first-order valence-corrected chi connectivity index (χ1v) is 8.60. The van der Waals surface area contributed by atoms with Crippen molar-refractivity contribution in [3.8, 4) is 0 Å². The monoisotopic (exact) mass is 378 g/mol. The van der Waals surface area contributed by atoms with Crippen LogP contribution >= 0.6 is 0 Å². The number of aromatic nitrogens is 4. The molecule has 0 aromatic carbocycles. The van der Waals surface area contributed by atoms with Crippen LogP contribution in [0.25, 0.3) is 21.9 Å². The predicted octanol–water partition coefficient (Wildman–Crippen LogP) is 2.40. The summed E-state index contributed by atoms with van der Waals surface area (Å²) >= 11 is 0. The Morgan fingerprint density at radius 1 is 1.33 bits per heavy atom. The summed E-state index contributed by atoms with van der Waals surface area (Å²) in [7, 11) is 0. The molecule has 142 valence electrons. The molecule has 1 aliphatic rings. The van der Waals surface area contributed by atoms with Crippen LogP contribution in [0.2, 0.25) is 0 Å². The smallest absolute Gasteiger partial charge is 0.355 e. The Morgan fingerprint density at radius 3 is 3.00 bits per heavy atom. The van der Waals surface area contributed by atoms with E-state index in [-0.39, 0.29) is 0 Å². The Hall–Kier alpha value is -2.91. The van der Waals surface area contributed by atoms with Gasteiger partial charge in [-0.2, -0.15) is 13.2 Å². The Bertz CT molecular complexity index is 986. The second kappa shape index (κ2) is 6.67. The van der Waals surface area contributed by atoms with Crippen molar-refractivity contribution >= 4 is 33.7 Å². The summed E-state index contributed by atoms with van der Waals surface area (Å²) in [5.74, 6) is -0.432. The second-order valence-corrected chi connectivity index (χ2v) is 6.59. The van der Waals surface area contributed by atoms with E-state index in [0.717, 1.165) is 10.8 Å². The summed E-state index contributed by atoms with van der Waals surface area (Å²) in [4.78, 5) is 21.6. The van der Waals surface area contributed by atoms with Gasteiger partial charge in [-0.3, -0.25) is 4.79 Å². The number of hydrogen-bond acceptors (Lipinski definition) is 5. The number of hydrogen-bond donors (Lipinski definition) is 2. The van der Waals surface area contributed by atoms with Gasteiger partial charge in [0.1, 0.15) is 12.4 Å². The van der Waals surface area contributed by atoms with Crippen LogP contribution in [0.1, 0.15) is 12.8 Å². The summed E-state index contributed by atoms with van der Waals surface area (Å²) in [6.07, 6.45) is 0.207. The van der Waals surface area contributed by atoms with Gasteiger partial charge in [-0.25, -0.2) is 4.98 Å². The van der Waals surface area contributed by atoms with Crippen molar-refractivity contribution < 1.29 is 18.0 Å². The zero-order valence-corrected chi connectivity index (χ0v) is 14.3. The Balaban J connectivity index is 1.62. The highest BCUT2D eigenvalue weighted by Gasteiger charge is 2.32. The zero-order chi connectivity index (χ0) is 19.0. The molecule has 10 heteroatoms. The summed E-state index contributed by atoms with van der Waals surface area (Å²) < 4.78 is 37.1. The molecule has 1 aliphatic heterocycles. The lowest BCUT2D eigenvalue weighted by Crippen LogP contribution is -2.45. The second-order valence-electron chi connectivity index (χ2n) is 6.59. The van der Waals surface area contributed by atoms with Gasteiger partial charge in [0.05, 0.1) is 16.8 Å². The normalized spacial score (nSPS) is 18.2. The molecule has 2 N–H and O–H groups in total. The average Bonchev–Trinajstić information content (AvgIpc) is 3.14. The number of carbonyl (C=O) groups excluding carboxylic acids is 1. The van der Waals surface area contributed by atoms with Crippen LogP contribution in [0, 0.1) is 5.92 Å². The number of fused-ring (bicyclic) bond motifs is 3. The van der Waals surface area contributed by atoms with Crippen LogP contribution < -0.4 is 10.2 Å². The van der Waals surface area contributed by atoms with E-state index in [9.17, 15) is 18.0 Å². The molecule has 1 amide bonds. The van der Waals surface area contributed by atoms with E-state index in [1.165, 1.54) is 0 Å². The fraction of sp³-hybridized carbons (Fsp3) is 0.412. The minimum Gasteiger partial charge on any atom is -0.355 e. The number of aromatic amines is 1. The Morgan fingerprint density at radius 2 is 2.19 bits per heavy atom. The van der Waals surface area contributed by atoms with Crippen molar-refractivity contribution in [1.82, 2.24) is 25.5 Å². The number of nitrogens with zero attached hydrogens (tertiary/aromatic N) is 4. The van der Waals surface area contributed by atoms with Crippen molar-refractivity contribution in [3.63, 3.8) is 0 Å². The van der Waals surface area contributed by atoms with Crippen LogP contribution in [-0.2, 0) is 4.79 Å². The Labute approximate surface area is 152 Å². The highest BCUT2D eigenvalue weighted by molar-refractivity contribution is 6.08. The molecule has 0 spiro atoms. The summed E-state index contributed by atoms with van der Waals surface area (Å²) in [5, 5.41) is 12.0. The molecule has 1 atom stereocenters. The van der Waals surface area contributed by atoms with E-state index >= 15 is 0 Å². The lowest BCUT2D eigenvalue weighted by molar-refractivity contribution is -0.140. The van der Waals surface area contributed by atoms with Crippen molar-refractivity contribution in [1.29, 1.82) is 0 Å². The van der Waals surface area contributed by atoms with Gasteiger partial charge in [0.2, 0.25) is 5.91 Å². The predicted molar refractivity (Wildman–Crippen MR) is 93.2 cm³/mol. The third kappa shape index (κ3) is 3.51. The largest absolute Gasteiger partial charge is 0.405 e. The summed E-state index contributed by atoms with van der Waals surface area (Å²) in [6.45, 7) is -0.331. The van der Waals surface area contributed by atoms with Crippen molar-refractivity contribution in [2.75, 3.05) is 24.5 Å². The highest BCUT2D eigenvalue weighted by Crippen LogP contribution is 2.31. The molecule has 4 heterocycles. The maximum atomic E-state index is 12.4. The molecular weight excluding hydrogens is 361 g/mol. The molecule has 0 radical (unpaired) electrons. The van der Waals surface area contributed by atoms with Gasteiger partial charge in [-0.05, 0) is 25.0 Å². The number of halogens is 3. The third-order valence-electron chi connectivity index (χ3n) is 4.72. The number of alkyl halides is 3. The lowest BCUT2D eigenvalue weighted by Gasteiger charge is -2.33. The molecule has 0 saturated carbocycles. The van der Waals surface area contributed by atoms with Gasteiger partial charge in [0.25, 0.3) is 0 Å². The van der Waals surface area contributed by atoms with Gasteiger partial charge in [0.15, 0.2) is 5.65 Å². The first kappa shape index (κ1) is 17.5. The molecular formula is C17H17F3N6O. The molecule has 7 nitrogen and oxygen atoms in total. The number of anilines is 1. The van der Waals surface area contributed by atoms with Crippen LogP contribution in [-0.4, -0.2) is 51.9 Å². The number of pyridine rings is 1. The molecule has 3 aromatic heterocycles. The van der Waals surface area contributed by atoms with Crippen LogP contribution in [0.15, 0.2) is 24.5 Å². The molecule has 3 aromatic rings. The third-order valence-corrected chi connectivity index (χ3v) is 4.72. The zero-order valence-electron chi connectivity index (χ0n) is 14.3. The number of H-pyrrole nitrogens is 1. The topological polar surface area (TPSA) is 86.8 Å². The van der Waals surface area contributed by atoms with E-state index in [1.807, 2.05) is 16.3 Å². The highest BCUT2D eigenvalue weighted by atomic mass is 19.4. The van der Waals surface area contributed by atoms with Gasteiger partial charge in [-0.15, -0.1) is 10.2 Å². The minimum atomic E-state index is -4.42. The SMILES string of the molecule is O=C(NCC(F)(F)F)C1CCCN(c2nccc3nnc4[nH]ccc4c23)C1. The molecule has 27 heavy (non-hydrogen) atoms. The number of rotatable bonds is 3. The number of amides is 1. The van der Waals surface area contributed by atoms with Gasteiger partial charge in [0, 0.05) is 30.9 Å². The van der Waals surface area contributed by atoms with Gasteiger partial charge < -0.3 is 15.2 Å². The first-order chi connectivity index (χ1) is 12.9. The van der Waals surface area contributed by atoms with E-state index in [2.05, 4.69) is 20.2 Å². The molecule has 0 aliphatic carbocycles. The van der Waals surface area contributed by atoms with E-state index in [0.29, 0.717) is 42.9 Å². The fourth-order valence-electron chi connectivity index (χ4n) is 3.49. The molecule has 1 saturated heterocycles. The van der Waals surface area contributed by atoms with Gasteiger partial charge in [-0.1, -0.05) is 0 Å². The van der Waals surface area contributed by atoms with Crippen LogP contribution in [0.4, 0.5) is 19.0 Å². The molecule has 1 fully saturated rings. The van der Waals surface area contributed by atoms with Crippen LogP contribution in [0.5, 0.6) is 0 Å². The van der Waals surface area contributed by atoms with Crippen molar-refractivity contribution in [3.05, 3.63) is 24.5 Å². The lowest BCUT2D eigenvalue weighted by atomic mass is 9.96. The van der Waals surface area contributed by atoms with Gasteiger partial charge >= 0.3 is 6.18 Å². The standard InChI is InChI=1S/C17H17F3N6O/c18-17(19,20)9-23-16(27)10-2-1-7-26(8-10)15-13-11-3-5-21-14(11)25-24-12(13)4-6-22-15/h3-6,10H,1-2,7-9H2,(H,21,25)(H,23,27). The number of piperidine rings is 1. The van der Waals surface area contributed by atoms with Crippen LogP contribution in [0.3, 0.4) is 0 Å². The molecule has 4 rings (SSSR count). The van der Waals surface area contributed by atoms with E-state index in [1.54, 1.807) is 18.5 Å². The quantitative estimate of drug-likeness (QED) is 0.731. The minimum absolute atomic E-state index is 0.310. The van der Waals surface area contributed by atoms with E-state index < -0.39 is 24.5 Å². The maximum Gasteiger partial charge on any atom is 0.405 e. The number of nitrogens with one attached hydrogen (secondary N) is 2. The van der Waals surface area contributed by atoms with E-state index in [4.69, 9.17) is 0 Å². The average molecular weight is 378 g/mol.